The van der Waals surface area contributed by atoms with Gasteiger partial charge in [0.1, 0.15) is 0 Å². The lowest BCUT2D eigenvalue weighted by Crippen LogP contribution is -2.33. The van der Waals surface area contributed by atoms with E-state index in [-0.39, 0.29) is 6.03 Å². The first-order valence-corrected chi connectivity index (χ1v) is 8.77. The van der Waals surface area contributed by atoms with Crippen molar-refractivity contribution in [3.63, 3.8) is 0 Å². The van der Waals surface area contributed by atoms with E-state index in [9.17, 15) is 4.79 Å². The van der Waals surface area contributed by atoms with Gasteiger partial charge >= 0.3 is 6.03 Å². The van der Waals surface area contributed by atoms with E-state index in [0.29, 0.717) is 12.5 Å². The van der Waals surface area contributed by atoms with E-state index in [2.05, 4.69) is 39.9 Å². The molecule has 1 heterocycles. The predicted molar refractivity (Wildman–Crippen MR) is 101 cm³/mol. The molecule has 1 aromatic heterocycles. The zero-order valence-electron chi connectivity index (χ0n) is 14.0. The van der Waals surface area contributed by atoms with Gasteiger partial charge in [0.25, 0.3) is 0 Å². The maximum atomic E-state index is 12.4. The second-order valence-electron chi connectivity index (χ2n) is 6.50. The third kappa shape index (κ3) is 3.33. The smallest absolute Gasteiger partial charge is 0.319 e. The van der Waals surface area contributed by atoms with Crippen LogP contribution in [0.1, 0.15) is 29.9 Å². The maximum Gasteiger partial charge on any atom is 0.319 e. The van der Waals surface area contributed by atoms with Gasteiger partial charge in [0.2, 0.25) is 0 Å². The van der Waals surface area contributed by atoms with Crippen LogP contribution >= 0.6 is 0 Å². The number of anilines is 1. The minimum atomic E-state index is -0.179. The molecule has 0 radical (unpaired) electrons. The molecule has 2 aromatic carbocycles. The van der Waals surface area contributed by atoms with E-state index in [1.807, 2.05) is 30.3 Å². The molecule has 2 amide bonds. The minimum absolute atomic E-state index is 0.179. The van der Waals surface area contributed by atoms with Crippen LogP contribution in [0.4, 0.5) is 10.5 Å². The van der Waals surface area contributed by atoms with E-state index in [1.165, 1.54) is 17.5 Å². The van der Waals surface area contributed by atoms with Crippen LogP contribution in [-0.2, 0) is 6.42 Å². The molecule has 1 atom stereocenters. The number of nitrogens with one attached hydrogen (secondary N) is 2. The summed E-state index contributed by atoms with van der Waals surface area (Å²) in [5, 5.41) is 6.98. The summed E-state index contributed by atoms with van der Waals surface area (Å²) in [5.41, 5.74) is 4.34. The van der Waals surface area contributed by atoms with Crippen molar-refractivity contribution < 1.29 is 4.79 Å². The summed E-state index contributed by atoms with van der Waals surface area (Å²) in [4.78, 5) is 16.7. The first-order valence-electron chi connectivity index (χ1n) is 8.77. The SMILES string of the molecule is O=C(NCC1CCCc2ccccc21)Nc1cccc2cccnc12. The van der Waals surface area contributed by atoms with Gasteiger partial charge in [0, 0.05) is 24.0 Å². The van der Waals surface area contributed by atoms with Crippen LogP contribution in [0.2, 0.25) is 0 Å². The second kappa shape index (κ2) is 6.93. The Morgan fingerprint density at radius 2 is 1.96 bits per heavy atom. The van der Waals surface area contributed by atoms with Crippen LogP contribution in [0.25, 0.3) is 10.9 Å². The monoisotopic (exact) mass is 331 g/mol. The summed E-state index contributed by atoms with van der Waals surface area (Å²) in [6.07, 6.45) is 5.18. The summed E-state index contributed by atoms with van der Waals surface area (Å²) in [5.74, 6) is 0.390. The van der Waals surface area contributed by atoms with Crippen molar-refractivity contribution in [2.45, 2.75) is 25.2 Å². The number of amides is 2. The molecule has 0 saturated carbocycles. The summed E-state index contributed by atoms with van der Waals surface area (Å²) < 4.78 is 0. The van der Waals surface area contributed by atoms with Crippen molar-refractivity contribution in [2.75, 3.05) is 11.9 Å². The average molecular weight is 331 g/mol. The molecule has 0 saturated heterocycles. The Labute approximate surface area is 147 Å². The van der Waals surface area contributed by atoms with Crippen molar-refractivity contribution in [2.24, 2.45) is 0 Å². The highest BCUT2D eigenvalue weighted by Gasteiger charge is 2.20. The van der Waals surface area contributed by atoms with Crippen LogP contribution in [0, 0.1) is 0 Å². The quantitative estimate of drug-likeness (QED) is 0.743. The standard InChI is InChI=1S/C21H21N3O/c25-21(24-19-12-4-8-16-10-5-13-22-20(16)19)23-14-17-9-3-7-15-6-1-2-11-18(15)17/h1-2,4-6,8,10-13,17H,3,7,9,14H2,(H2,23,24,25). The lowest BCUT2D eigenvalue weighted by molar-refractivity contribution is 0.251. The van der Waals surface area contributed by atoms with Crippen LogP contribution < -0.4 is 10.6 Å². The van der Waals surface area contributed by atoms with Crippen LogP contribution in [0.15, 0.2) is 60.8 Å². The first kappa shape index (κ1) is 15.6. The van der Waals surface area contributed by atoms with Gasteiger partial charge in [-0.15, -0.1) is 0 Å². The van der Waals surface area contributed by atoms with E-state index in [4.69, 9.17) is 0 Å². The number of urea groups is 1. The molecule has 4 nitrogen and oxygen atoms in total. The summed E-state index contributed by atoms with van der Waals surface area (Å²) in [6.45, 7) is 0.654. The number of fused-ring (bicyclic) bond motifs is 2. The molecule has 1 unspecified atom stereocenters. The molecule has 126 valence electrons. The van der Waals surface area contributed by atoms with Gasteiger partial charge in [-0.25, -0.2) is 4.79 Å². The molecule has 4 rings (SSSR count). The number of benzene rings is 2. The van der Waals surface area contributed by atoms with E-state index < -0.39 is 0 Å². The highest BCUT2D eigenvalue weighted by molar-refractivity contribution is 5.99. The average Bonchev–Trinajstić information content (AvgIpc) is 2.66. The molecule has 3 aromatic rings. The molecule has 25 heavy (non-hydrogen) atoms. The Kier molecular flexibility index (Phi) is 4.34. The maximum absolute atomic E-state index is 12.4. The Morgan fingerprint density at radius 3 is 2.92 bits per heavy atom. The number of para-hydroxylation sites is 1. The summed E-state index contributed by atoms with van der Waals surface area (Å²) in [7, 11) is 0. The molecule has 4 heteroatoms. The van der Waals surface area contributed by atoms with Crippen LogP contribution in [-0.4, -0.2) is 17.6 Å². The molecular weight excluding hydrogens is 310 g/mol. The van der Waals surface area contributed by atoms with Crippen molar-refractivity contribution >= 4 is 22.6 Å². The predicted octanol–water partition coefficient (Wildman–Crippen LogP) is 4.48. The topological polar surface area (TPSA) is 54.0 Å². The zero-order valence-corrected chi connectivity index (χ0v) is 14.0. The highest BCUT2D eigenvalue weighted by atomic mass is 16.2. The summed E-state index contributed by atoms with van der Waals surface area (Å²) in [6, 6.07) is 18.1. The highest BCUT2D eigenvalue weighted by Crippen LogP contribution is 2.30. The van der Waals surface area contributed by atoms with Gasteiger partial charge < -0.3 is 10.6 Å². The second-order valence-corrected chi connectivity index (χ2v) is 6.50. The fourth-order valence-electron chi connectivity index (χ4n) is 3.65. The van der Waals surface area contributed by atoms with Gasteiger partial charge in [-0.05, 0) is 42.5 Å². The normalized spacial score (nSPS) is 16.2. The molecular formula is C21H21N3O. The number of pyridine rings is 1. The fraction of sp³-hybridized carbons (Fsp3) is 0.238. The third-order valence-electron chi connectivity index (χ3n) is 4.88. The lowest BCUT2D eigenvalue weighted by Gasteiger charge is -2.25. The van der Waals surface area contributed by atoms with Crippen molar-refractivity contribution in [3.8, 4) is 0 Å². The number of hydrogen-bond donors (Lipinski definition) is 2. The number of nitrogens with zero attached hydrogens (tertiary/aromatic N) is 1. The molecule has 0 fully saturated rings. The molecule has 0 bridgehead atoms. The van der Waals surface area contributed by atoms with Crippen molar-refractivity contribution in [1.29, 1.82) is 0 Å². The lowest BCUT2D eigenvalue weighted by atomic mass is 9.83. The third-order valence-corrected chi connectivity index (χ3v) is 4.88. The number of carbonyl (C=O) groups is 1. The fourth-order valence-corrected chi connectivity index (χ4v) is 3.65. The Bertz CT molecular complexity index is 901. The molecule has 1 aliphatic carbocycles. The number of aryl methyl sites for hydroxylation is 1. The van der Waals surface area contributed by atoms with E-state index >= 15 is 0 Å². The van der Waals surface area contributed by atoms with Crippen LogP contribution in [0.5, 0.6) is 0 Å². The van der Waals surface area contributed by atoms with Gasteiger partial charge in [-0.2, -0.15) is 0 Å². The Hall–Kier alpha value is -2.88. The van der Waals surface area contributed by atoms with Gasteiger partial charge in [0.05, 0.1) is 11.2 Å². The number of rotatable bonds is 3. The summed E-state index contributed by atoms with van der Waals surface area (Å²) >= 11 is 0. The van der Waals surface area contributed by atoms with E-state index in [0.717, 1.165) is 29.4 Å². The molecule has 0 aliphatic heterocycles. The van der Waals surface area contributed by atoms with Crippen molar-refractivity contribution in [1.82, 2.24) is 10.3 Å². The first-order chi connectivity index (χ1) is 12.3. The molecule has 0 spiro atoms. The Morgan fingerprint density at radius 1 is 1.08 bits per heavy atom. The van der Waals surface area contributed by atoms with Crippen LogP contribution in [0.3, 0.4) is 0 Å². The number of carbonyl (C=O) groups excluding carboxylic acids is 1. The van der Waals surface area contributed by atoms with Gasteiger partial charge in [-0.3, -0.25) is 4.98 Å². The van der Waals surface area contributed by atoms with Gasteiger partial charge in [0.15, 0.2) is 0 Å². The van der Waals surface area contributed by atoms with Gasteiger partial charge in [-0.1, -0.05) is 42.5 Å². The van der Waals surface area contributed by atoms with E-state index in [1.54, 1.807) is 6.20 Å². The van der Waals surface area contributed by atoms with Crippen molar-refractivity contribution in [3.05, 3.63) is 71.9 Å². The Balaban J connectivity index is 1.43. The number of aromatic nitrogens is 1. The zero-order chi connectivity index (χ0) is 17.1. The minimum Gasteiger partial charge on any atom is -0.337 e. The molecule has 1 aliphatic rings. The number of hydrogen-bond acceptors (Lipinski definition) is 2. The largest absolute Gasteiger partial charge is 0.337 e. The molecule has 2 N–H and O–H groups in total.